The normalized spacial score (nSPS) is 17.6. The summed E-state index contributed by atoms with van der Waals surface area (Å²) in [5.41, 5.74) is 1.36. The van der Waals surface area contributed by atoms with Gasteiger partial charge < -0.3 is 14.6 Å². The first-order chi connectivity index (χ1) is 9.08. The average Bonchev–Trinajstić information content (AvgIpc) is 2.44. The Morgan fingerprint density at radius 1 is 1.37 bits per heavy atom. The van der Waals surface area contributed by atoms with Crippen LogP contribution >= 0.6 is 0 Å². The van der Waals surface area contributed by atoms with Gasteiger partial charge in [-0.3, -0.25) is 4.90 Å². The molecular formula is C13H15NO5. The van der Waals surface area contributed by atoms with Crippen LogP contribution in [0.2, 0.25) is 0 Å². The van der Waals surface area contributed by atoms with Crippen molar-refractivity contribution in [3.8, 4) is 5.75 Å². The second-order valence-corrected chi connectivity index (χ2v) is 4.22. The van der Waals surface area contributed by atoms with Crippen LogP contribution in [-0.2, 0) is 16.0 Å². The molecule has 1 aromatic carbocycles. The number of esters is 1. The third-order valence-electron chi connectivity index (χ3n) is 3.22. The Hall–Kier alpha value is -2.24. The number of ether oxygens (including phenoxy) is 2. The van der Waals surface area contributed by atoms with Crippen LogP contribution in [0.15, 0.2) is 18.2 Å². The minimum atomic E-state index is -1.17. The zero-order chi connectivity index (χ0) is 14.0. The molecule has 1 N–H and O–H groups in total. The van der Waals surface area contributed by atoms with E-state index in [0.717, 1.165) is 10.5 Å². The van der Waals surface area contributed by atoms with E-state index in [1.54, 1.807) is 25.3 Å². The molecule has 0 spiro atoms. The van der Waals surface area contributed by atoms with E-state index in [4.69, 9.17) is 4.74 Å². The van der Waals surface area contributed by atoms with Crippen molar-refractivity contribution < 1.29 is 24.2 Å². The minimum absolute atomic E-state index is 0.402. The predicted molar refractivity (Wildman–Crippen MR) is 67.6 cm³/mol. The number of fused-ring (bicyclic) bond motifs is 1. The maximum Gasteiger partial charge on any atom is 0.412 e. The third-order valence-corrected chi connectivity index (χ3v) is 3.22. The van der Waals surface area contributed by atoms with Crippen LogP contribution in [0.5, 0.6) is 5.75 Å². The number of amides is 1. The molecule has 1 heterocycles. The summed E-state index contributed by atoms with van der Waals surface area (Å²) in [6.07, 6.45) is -0.156. The molecule has 1 aliphatic heterocycles. The maximum absolute atomic E-state index is 11.7. The van der Waals surface area contributed by atoms with Crippen LogP contribution in [0.25, 0.3) is 0 Å². The molecule has 1 amide bonds. The first-order valence-electron chi connectivity index (χ1n) is 5.85. The number of benzene rings is 1. The molecule has 6 heteroatoms. The van der Waals surface area contributed by atoms with Gasteiger partial charge in [-0.25, -0.2) is 9.59 Å². The molecule has 0 saturated heterocycles. The van der Waals surface area contributed by atoms with Crippen molar-refractivity contribution >= 4 is 17.7 Å². The Kier molecular flexibility index (Phi) is 3.59. The number of aryl methyl sites for hydroxylation is 1. The van der Waals surface area contributed by atoms with Gasteiger partial charge in [-0.1, -0.05) is 0 Å². The molecule has 102 valence electrons. The second kappa shape index (κ2) is 5.17. The fraction of sp³-hybridized carbons (Fsp3) is 0.385. The minimum Gasteiger partial charge on any atom is -0.497 e. The van der Waals surface area contributed by atoms with Gasteiger partial charge in [-0.05, 0) is 36.6 Å². The average molecular weight is 265 g/mol. The lowest BCUT2D eigenvalue weighted by Crippen LogP contribution is -2.48. The highest BCUT2D eigenvalue weighted by Crippen LogP contribution is 2.33. The standard InChI is InChI=1S/C13H15NO5/c1-18-9-4-6-10-8(7-9)3-5-11(12(15)19-2)14(10)13(16)17/h4,6-7,11H,3,5H2,1-2H3,(H,16,17)/t11-/m1/s1. The SMILES string of the molecule is COC(=O)[C@H]1CCc2cc(OC)ccc2N1C(=O)O. The molecule has 0 aliphatic carbocycles. The quantitative estimate of drug-likeness (QED) is 0.823. The number of anilines is 1. The van der Waals surface area contributed by atoms with E-state index in [1.165, 1.54) is 7.11 Å². The summed E-state index contributed by atoms with van der Waals surface area (Å²) in [5, 5.41) is 9.31. The van der Waals surface area contributed by atoms with Crippen LogP contribution in [0.4, 0.5) is 10.5 Å². The Balaban J connectivity index is 2.43. The number of carbonyl (C=O) groups is 2. The number of hydrogen-bond acceptors (Lipinski definition) is 4. The van der Waals surface area contributed by atoms with Gasteiger partial charge in [0, 0.05) is 0 Å². The lowest BCUT2D eigenvalue weighted by Gasteiger charge is -2.33. The fourth-order valence-electron chi connectivity index (χ4n) is 2.31. The van der Waals surface area contributed by atoms with Crippen molar-refractivity contribution in [3.63, 3.8) is 0 Å². The number of hydrogen-bond donors (Lipinski definition) is 1. The fourth-order valence-corrected chi connectivity index (χ4v) is 2.31. The van der Waals surface area contributed by atoms with Gasteiger partial charge in [-0.2, -0.15) is 0 Å². The van der Waals surface area contributed by atoms with Gasteiger partial charge in [0.1, 0.15) is 11.8 Å². The predicted octanol–water partition coefficient (Wildman–Crippen LogP) is 1.67. The molecule has 0 fully saturated rings. The largest absolute Gasteiger partial charge is 0.497 e. The van der Waals surface area contributed by atoms with E-state index in [-0.39, 0.29) is 0 Å². The van der Waals surface area contributed by atoms with Crippen LogP contribution < -0.4 is 9.64 Å². The number of rotatable bonds is 2. The summed E-state index contributed by atoms with van der Waals surface area (Å²) in [7, 11) is 2.81. The Bertz CT molecular complexity index is 514. The van der Waals surface area contributed by atoms with Crippen molar-refractivity contribution in [2.45, 2.75) is 18.9 Å². The molecule has 0 saturated carbocycles. The van der Waals surface area contributed by atoms with Gasteiger partial charge in [-0.15, -0.1) is 0 Å². The summed E-state index contributed by atoms with van der Waals surface area (Å²) in [4.78, 5) is 24.1. The van der Waals surface area contributed by atoms with Crippen LogP contribution in [0.1, 0.15) is 12.0 Å². The van der Waals surface area contributed by atoms with E-state index >= 15 is 0 Å². The van der Waals surface area contributed by atoms with E-state index < -0.39 is 18.1 Å². The van der Waals surface area contributed by atoms with Gasteiger partial charge in [0.15, 0.2) is 0 Å². The molecule has 1 atom stereocenters. The Labute approximate surface area is 110 Å². The van der Waals surface area contributed by atoms with Crippen molar-refractivity contribution in [3.05, 3.63) is 23.8 Å². The molecule has 0 bridgehead atoms. The molecule has 1 aromatic rings. The van der Waals surface area contributed by atoms with Crippen LogP contribution in [0, 0.1) is 0 Å². The smallest absolute Gasteiger partial charge is 0.412 e. The molecule has 2 rings (SSSR count). The summed E-state index contributed by atoms with van der Waals surface area (Å²) in [6.45, 7) is 0. The van der Waals surface area contributed by atoms with Gasteiger partial charge in [0.05, 0.1) is 19.9 Å². The summed E-state index contributed by atoms with van der Waals surface area (Å²) < 4.78 is 9.78. The van der Waals surface area contributed by atoms with Crippen LogP contribution in [-0.4, -0.2) is 37.4 Å². The van der Waals surface area contributed by atoms with Gasteiger partial charge >= 0.3 is 12.1 Å². The zero-order valence-electron chi connectivity index (χ0n) is 10.8. The monoisotopic (exact) mass is 265 g/mol. The first kappa shape index (κ1) is 13.2. The third kappa shape index (κ3) is 2.33. The lowest BCUT2D eigenvalue weighted by molar-refractivity contribution is -0.142. The Morgan fingerprint density at radius 2 is 2.11 bits per heavy atom. The lowest BCUT2D eigenvalue weighted by atomic mass is 9.96. The number of methoxy groups -OCH3 is 2. The van der Waals surface area contributed by atoms with Crippen molar-refractivity contribution in [1.82, 2.24) is 0 Å². The van der Waals surface area contributed by atoms with E-state index in [2.05, 4.69) is 4.74 Å². The molecular weight excluding hydrogens is 250 g/mol. The topological polar surface area (TPSA) is 76.1 Å². The summed E-state index contributed by atoms with van der Waals surface area (Å²) in [6, 6.07) is 4.33. The summed E-state index contributed by atoms with van der Waals surface area (Å²) in [5.74, 6) is 0.129. The number of nitrogens with zero attached hydrogens (tertiary/aromatic N) is 1. The molecule has 0 aromatic heterocycles. The Morgan fingerprint density at radius 3 is 2.68 bits per heavy atom. The van der Waals surface area contributed by atoms with Gasteiger partial charge in [0.25, 0.3) is 0 Å². The van der Waals surface area contributed by atoms with E-state index in [9.17, 15) is 14.7 Å². The molecule has 1 aliphatic rings. The van der Waals surface area contributed by atoms with Crippen molar-refractivity contribution in [1.29, 1.82) is 0 Å². The highest BCUT2D eigenvalue weighted by molar-refractivity contribution is 5.96. The van der Waals surface area contributed by atoms with Crippen molar-refractivity contribution in [2.24, 2.45) is 0 Å². The number of carbonyl (C=O) groups excluding carboxylic acids is 1. The molecule has 6 nitrogen and oxygen atoms in total. The molecule has 19 heavy (non-hydrogen) atoms. The summed E-state index contributed by atoms with van der Waals surface area (Å²) >= 11 is 0. The molecule has 0 unspecified atom stereocenters. The molecule has 0 radical (unpaired) electrons. The zero-order valence-corrected chi connectivity index (χ0v) is 10.8. The second-order valence-electron chi connectivity index (χ2n) is 4.22. The van der Waals surface area contributed by atoms with Crippen molar-refractivity contribution in [2.75, 3.05) is 19.1 Å². The van der Waals surface area contributed by atoms with E-state index in [1.807, 2.05) is 0 Å². The number of carboxylic acid groups (broad SMARTS) is 1. The maximum atomic E-state index is 11.7. The highest BCUT2D eigenvalue weighted by atomic mass is 16.5. The van der Waals surface area contributed by atoms with E-state index in [0.29, 0.717) is 24.3 Å². The highest BCUT2D eigenvalue weighted by Gasteiger charge is 2.36. The van der Waals surface area contributed by atoms with Gasteiger partial charge in [0.2, 0.25) is 0 Å². The first-order valence-corrected chi connectivity index (χ1v) is 5.85. The van der Waals surface area contributed by atoms with Crippen LogP contribution in [0.3, 0.4) is 0 Å².